The summed E-state index contributed by atoms with van der Waals surface area (Å²) in [4.78, 5) is 3.83. The van der Waals surface area contributed by atoms with E-state index in [0.29, 0.717) is 55.4 Å². The maximum Gasteiger partial charge on any atom is 0.138 e. The molecule has 50 heavy (non-hydrogen) atoms. The summed E-state index contributed by atoms with van der Waals surface area (Å²) >= 11 is 49.3. The minimum absolute atomic E-state index is 0.0971. The molecule has 4 N–H and O–H groups in total. The van der Waals surface area contributed by atoms with Crippen molar-refractivity contribution in [2.24, 2.45) is 0 Å². The highest BCUT2D eigenvalue weighted by Gasteiger charge is 2.18. The summed E-state index contributed by atoms with van der Waals surface area (Å²) in [6.45, 7) is 2.79. The smallest absolute Gasteiger partial charge is 0.138 e. The number of ether oxygens (including phenoxy) is 2. The van der Waals surface area contributed by atoms with Gasteiger partial charge in [-0.05, 0) is 48.5 Å². The van der Waals surface area contributed by atoms with Gasteiger partial charge in [0.2, 0.25) is 0 Å². The van der Waals surface area contributed by atoms with Crippen LogP contribution in [-0.2, 0) is 35.7 Å². The predicted octanol–water partition coefficient (Wildman–Crippen LogP) is 10.5. The van der Waals surface area contributed by atoms with E-state index in [0.717, 1.165) is 0 Å². The number of hydrogen-bond donors (Lipinski definition) is 4. The molecular weight excluding hydrogens is 816 g/mol. The summed E-state index contributed by atoms with van der Waals surface area (Å²) in [7, 11) is 0. The van der Waals surface area contributed by atoms with Crippen LogP contribution in [0.5, 0.6) is 23.0 Å². The number of halogens is 8. The predicted molar refractivity (Wildman–Crippen MR) is 202 cm³/mol. The molecule has 4 rings (SSSR count). The lowest BCUT2D eigenvalue weighted by Gasteiger charge is -2.24. The second kappa shape index (κ2) is 19.4. The molecule has 0 amide bonds. The van der Waals surface area contributed by atoms with Crippen molar-refractivity contribution in [3.05, 3.63) is 111 Å². The molecule has 0 aliphatic heterocycles. The fraction of sp³-hybridized carbons (Fsp3) is 0.294. The van der Waals surface area contributed by atoms with E-state index in [9.17, 15) is 20.4 Å². The Morgan fingerprint density at radius 2 is 0.620 bits per heavy atom. The van der Waals surface area contributed by atoms with Gasteiger partial charge in [-0.1, -0.05) is 92.8 Å². The molecule has 0 saturated carbocycles. The molecule has 4 aromatic rings. The van der Waals surface area contributed by atoms with Gasteiger partial charge in [0.05, 0.1) is 46.5 Å². The summed E-state index contributed by atoms with van der Waals surface area (Å²) in [5.74, 6) is -0.388. The number of nitrogens with zero attached hydrogens (tertiary/aromatic N) is 2. The van der Waals surface area contributed by atoms with Gasteiger partial charge in [0.1, 0.15) is 23.0 Å². The fourth-order valence-electron chi connectivity index (χ4n) is 5.06. The fourth-order valence-corrected chi connectivity index (χ4v) is 7.20. The molecule has 0 fully saturated rings. The molecular formula is C34H32Cl8N2O6. The van der Waals surface area contributed by atoms with Crippen LogP contribution in [0.2, 0.25) is 40.2 Å². The largest absolute Gasteiger partial charge is 0.506 e. The van der Waals surface area contributed by atoms with Crippen LogP contribution >= 0.6 is 92.8 Å². The van der Waals surface area contributed by atoms with Crippen molar-refractivity contribution in [2.45, 2.75) is 26.2 Å². The molecule has 0 aliphatic carbocycles. The zero-order valence-corrected chi connectivity index (χ0v) is 32.3. The Bertz CT molecular complexity index is 1550. The van der Waals surface area contributed by atoms with Crippen LogP contribution in [0.4, 0.5) is 0 Å². The maximum atomic E-state index is 10.5. The number of rotatable bonds is 17. The molecule has 0 atom stereocenters. The van der Waals surface area contributed by atoms with Gasteiger partial charge in [-0.25, -0.2) is 0 Å². The Morgan fingerprint density at radius 3 is 0.860 bits per heavy atom. The quantitative estimate of drug-likeness (QED) is 0.0779. The van der Waals surface area contributed by atoms with Gasteiger partial charge in [0.25, 0.3) is 0 Å². The summed E-state index contributed by atoms with van der Waals surface area (Å²) in [6, 6.07) is 12.3. The Labute approximate surface area is 330 Å². The van der Waals surface area contributed by atoms with Crippen LogP contribution in [-0.4, -0.2) is 69.7 Å². The van der Waals surface area contributed by atoms with Crippen molar-refractivity contribution >= 4 is 92.8 Å². The van der Waals surface area contributed by atoms with Crippen molar-refractivity contribution in [2.75, 3.05) is 39.5 Å². The molecule has 0 aliphatic rings. The normalized spacial score (nSPS) is 11.6. The highest BCUT2D eigenvalue weighted by molar-refractivity contribution is 6.37. The van der Waals surface area contributed by atoms with Gasteiger partial charge in [0, 0.05) is 81.6 Å². The molecule has 270 valence electrons. The lowest BCUT2D eigenvalue weighted by molar-refractivity contribution is 0.0281. The molecule has 0 unspecified atom stereocenters. The van der Waals surface area contributed by atoms with Crippen molar-refractivity contribution in [1.29, 1.82) is 0 Å². The molecule has 0 aromatic heterocycles. The first kappa shape index (κ1) is 41.0. The molecule has 4 aromatic carbocycles. The highest BCUT2D eigenvalue weighted by atomic mass is 35.5. The summed E-state index contributed by atoms with van der Waals surface area (Å²) in [5.41, 5.74) is 1.96. The zero-order chi connectivity index (χ0) is 36.5. The SMILES string of the molecule is Oc1c(Cl)cc(Cl)cc1CN(CCOCCOCCN(Cc1cc(Cl)cc(Cl)c1O)Cc1cc(Cl)cc(Cl)c1O)Cc1cc(Cl)cc(Cl)c1O. The first-order valence-corrected chi connectivity index (χ1v) is 18.0. The first-order chi connectivity index (χ1) is 23.7. The zero-order valence-electron chi connectivity index (χ0n) is 26.2. The van der Waals surface area contributed by atoms with Crippen LogP contribution in [0, 0.1) is 0 Å². The van der Waals surface area contributed by atoms with E-state index >= 15 is 0 Å². The van der Waals surface area contributed by atoms with Gasteiger partial charge in [-0.15, -0.1) is 0 Å². The Hall–Kier alpha value is -1.76. The minimum atomic E-state index is -0.0971. The summed E-state index contributed by atoms with van der Waals surface area (Å²) in [6.07, 6.45) is 0. The topological polar surface area (TPSA) is 106 Å². The van der Waals surface area contributed by atoms with Crippen LogP contribution in [0.25, 0.3) is 0 Å². The Balaban J connectivity index is 1.33. The monoisotopic (exact) mass is 844 g/mol. The van der Waals surface area contributed by atoms with Crippen molar-refractivity contribution in [3.63, 3.8) is 0 Å². The number of hydrogen-bond acceptors (Lipinski definition) is 8. The summed E-state index contributed by atoms with van der Waals surface area (Å²) < 4.78 is 11.7. The standard InChI is InChI=1S/C34H32Cl8N2O6/c35-23-7-19(31(45)27(39)11-23)15-43(16-20-8-24(36)12-28(40)32(20)46)1-3-49-5-6-50-4-2-44(17-21-9-25(37)13-29(41)33(21)47)18-22-10-26(38)14-30(42)34(22)48/h7-14,45-48H,1-6,15-18H2. The van der Waals surface area contributed by atoms with Crippen molar-refractivity contribution in [1.82, 2.24) is 9.80 Å². The van der Waals surface area contributed by atoms with Gasteiger partial charge >= 0.3 is 0 Å². The molecule has 0 saturated heterocycles. The van der Waals surface area contributed by atoms with Crippen molar-refractivity contribution < 1.29 is 29.9 Å². The number of benzene rings is 4. The molecule has 0 bridgehead atoms. The lowest BCUT2D eigenvalue weighted by atomic mass is 10.1. The van der Waals surface area contributed by atoms with Gasteiger partial charge in [-0.3, -0.25) is 9.80 Å². The number of aromatic hydroxyl groups is 4. The van der Waals surface area contributed by atoms with Crippen LogP contribution in [0.15, 0.2) is 48.5 Å². The van der Waals surface area contributed by atoms with E-state index < -0.39 is 0 Å². The average molecular weight is 848 g/mol. The van der Waals surface area contributed by atoms with Gasteiger partial charge < -0.3 is 29.9 Å². The third kappa shape index (κ3) is 11.9. The number of phenols is 4. The molecule has 8 nitrogen and oxygen atoms in total. The first-order valence-electron chi connectivity index (χ1n) is 15.0. The Kier molecular flexibility index (Phi) is 15.9. The minimum Gasteiger partial charge on any atom is -0.506 e. The summed E-state index contributed by atoms with van der Waals surface area (Å²) in [5, 5.41) is 44.1. The van der Waals surface area contributed by atoms with E-state index in [-0.39, 0.29) is 95.7 Å². The second-order valence-electron chi connectivity index (χ2n) is 11.2. The highest BCUT2D eigenvalue weighted by Crippen LogP contribution is 2.36. The van der Waals surface area contributed by atoms with Gasteiger partial charge in [-0.2, -0.15) is 0 Å². The van der Waals surface area contributed by atoms with Crippen molar-refractivity contribution in [3.8, 4) is 23.0 Å². The van der Waals surface area contributed by atoms with E-state index in [1.807, 2.05) is 9.80 Å². The Morgan fingerprint density at radius 1 is 0.380 bits per heavy atom. The van der Waals surface area contributed by atoms with Gasteiger partial charge in [0.15, 0.2) is 0 Å². The van der Waals surface area contributed by atoms with Crippen LogP contribution in [0.1, 0.15) is 22.3 Å². The van der Waals surface area contributed by atoms with E-state index in [4.69, 9.17) is 102 Å². The lowest BCUT2D eigenvalue weighted by Crippen LogP contribution is -2.28. The third-order valence-corrected chi connectivity index (χ3v) is 9.51. The van der Waals surface area contributed by atoms with Crippen LogP contribution in [0.3, 0.4) is 0 Å². The number of phenolic OH excluding ortho intramolecular Hbond substituents is 4. The molecule has 0 spiro atoms. The average Bonchev–Trinajstić information content (AvgIpc) is 3.03. The molecule has 0 heterocycles. The molecule has 16 heteroatoms. The molecule has 0 radical (unpaired) electrons. The maximum absolute atomic E-state index is 10.5. The second-order valence-corrected chi connectivity index (χ2v) is 14.6. The van der Waals surface area contributed by atoms with E-state index in [1.165, 1.54) is 24.3 Å². The van der Waals surface area contributed by atoms with E-state index in [1.54, 1.807) is 24.3 Å². The third-order valence-electron chi connectivity index (χ3n) is 7.48. The van der Waals surface area contributed by atoms with Crippen LogP contribution < -0.4 is 0 Å². The van der Waals surface area contributed by atoms with E-state index in [2.05, 4.69) is 0 Å².